The quantitative estimate of drug-likeness (QED) is 0.0696. The number of benzene rings is 3. The molecule has 3 aromatic carbocycles. The van der Waals surface area contributed by atoms with Gasteiger partial charge in [0.15, 0.2) is 5.78 Å². The van der Waals surface area contributed by atoms with Crippen molar-refractivity contribution < 1.29 is 30.0 Å². The van der Waals surface area contributed by atoms with Gasteiger partial charge >= 0.3 is 0 Å². The number of hydrogen-bond donors (Lipinski definition) is 1. The van der Waals surface area contributed by atoms with Crippen LogP contribution in [0.5, 0.6) is 0 Å². The van der Waals surface area contributed by atoms with Gasteiger partial charge in [-0.1, -0.05) is 115 Å². The van der Waals surface area contributed by atoms with E-state index in [-0.39, 0.29) is 48.9 Å². The molecule has 0 fully saturated rings. The Morgan fingerprint density at radius 3 is 2.13 bits per heavy atom. The standard InChI is InChI=1S/C28H28NSSi.C13H24O2.Ir/c1-28(2,3)22-17-19(16-18-10-7-8-11-20(18)22)26-25-21-12-9-13-24(31(4,5)6)27(21)30-23(25)14-15-29-26;1-5-10(6-2)12(14)9-13(15)11(7-3)8-4;/h7-15,17H,1-6H3;9-11,14H,5-8H2,1-4H3;/q-1;;/b;12-9-;. The molecule has 0 aliphatic heterocycles. The van der Waals surface area contributed by atoms with Gasteiger partial charge in [-0.25, -0.2) is 0 Å². The Bertz CT molecular complexity index is 1850. The average molecular weight is 843 g/mol. The molecule has 0 atom stereocenters. The molecule has 0 unspecified atom stereocenters. The number of aromatic nitrogens is 1. The topological polar surface area (TPSA) is 50.2 Å². The SMILES string of the molecule is CC(C)(C)c1cc(-c2nccc3sc4c([Si](C)(C)C)cccc4c23)[c-]c2ccccc12.CCC(CC)C(=O)/C=C(\O)C(CC)CC.[Ir]. The van der Waals surface area contributed by atoms with Crippen molar-refractivity contribution in [1.82, 2.24) is 4.98 Å². The first kappa shape index (κ1) is 38.8. The Balaban J connectivity index is 0.000000322. The molecule has 5 aromatic rings. The summed E-state index contributed by atoms with van der Waals surface area (Å²) < 4.78 is 2.74. The number of fused-ring (bicyclic) bond motifs is 4. The molecule has 1 radical (unpaired) electrons. The number of hydrogen-bond acceptors (Lipinski definition) is 4. The Morgan fingerprint density at radius 2 is 1.53 bits per heavy atom. The van der Waals surface area contributed by atoms with Gasteiger partial charge in [0.25, 0.3) is 0 Å². The second kappa shape index (κ2) is 16.2. The molecule has 0 aliphatic rings. The van der Waals surface area contributed by atoms with Gasteiger partial charge < -0.3 is 5.11 Å². The zero-order valence-corrected chi connectivity index (χ0v) is 34.1. The van der Waals surface area contributed by atoms with E-state index in [4.69, 9.17) is 4.98 Å². The zero-order chi connectivity index (χ0) is 33.8. The Labute approximate surface area is 301 Å². The number of carbonyl (C=O) groups is 1. The Kier molecular flexibility index (Phi) is 13.4. The molecular weight excluding hydrogens is 791 g/mol. The predicted molar refractivity (Wildman–Crippen MR) is 204 cm³/mol. The van der Waals surface area contributed by atoms with Gasteiger partial charge in [0.05, 0.1) is 13.8 Å². The number of pyridine rings is 1. The predicted octanol–water partition coefficient (Wildman–Crippen LogP) is 11.8. The molecule has 3 nitrogen and oxygen atoms in total. The normalized spacial score (nSPS) is 12.5. The fraction of sp³-hybridized carbons (Fsp3) is 0.415. The summed E-state index contributed by atoms with van der Waals surface area (Å²) in [6.07, 6.45) is 6.87. The number of nitrogens with zero attached hydrogens (tertiary/aromatic N) is 1. The summed E-state index contributed by atoms with van der Waals surface area (Å²) in [5.41, 5.74) is 3.53. The second-order valence-electron chi connectivity index (χ2n) is 14.5. The van der Waals surface area contributed by atoms with Crippen molar-refractivity contribution in [3.8, 4) is 11.3 Å². The molecule has 0 aliphatic carbocycles. The first-order valence-electron chi connectivity index (χ1n) is 17.0. The Hall–Kier alpha value is -2.63. The molecule has 5 rings (SSSR count). The van der Waals surface area contributed by atoms with Crippen LogP contribution < -0.4 is 5.19 Å². The number of allylic oxidation sites excluding steroid dienone is 2. The fourth-order valence-corrected chi connectivity index (χ4v) is 9.90. The number of thiophene rings is 1. The molecule has 1 N–H and O–H groups in total. The molecule has 0 amide bonds. The first-order valence-corrected chi connectivity index (χ1v) is 21.3. The fourth-order valence-electron chi connectivity index (χ4n) is 6.30. The molecule has 0 saturated heterocycles. The average Bonchev–Trinajstić information content (AvgIpc) is 3.40. The maximum absolute atomic E-state index is 11.7. The largest absolute Gasteiger partial charge is 0.512 e. The summed E-state index contributed by atoms with van der Waals surface area (Å²) in [4.78, 5) is 16.6. The van der Waals surface area contributed by atoms with E-state index in [9.17, 15) is 9.90 Å². The molecule has 0 saturated carbocycles. The summed E-state index contributed by atoms with van der Waals surface area (Å²) in [6.45, 7) is 22.2. The summed E-state index contributed by atoms with van der Waals surface area (Å²) in [6, 6.07) is 23.6. The van der Waals surface area contributed by atoms with E-state index in [1.165, 1.54) is 42.4 Å². The van der Waals surface area contributed by atoms with Crippen LogP contribution in [-0.2, 0) is 30.3 Å². The van der Waals surface area contributed by atoms with Gasteiger partial charge in [0.2, 0.25) is 0 Å². The molecule has 0 bridgehead atoms. The first-order chi connectivity index (χ1) is 21.7. The van der Waals surface area contributed by atoms with Crippen LogP contribution in [0.25, 0.3) is 42.2 Å². The third kappa shape index (κ3) is 8.70. The van der Waals surface area contributed by atoms with E-state index >= 15 is 0 Å². The van der Waals surface area contributed by atoms with Crippen LogP contribution in [0, 0.1) is 17.9 Å². The molecule has 253 valence electrons. The minimum Gasteiger partial charge on any atom is -0.512 e. The monoisotopic (exact) mass is 843 g/mol. The van der Waals surface area contributed by atoms with E-state index in [1.807, 2.05) is 45.2 Å². The van der Waals surface area contributed by atoms with Gasteiger partial charge in [-0.2, -0.15) is 0 Å². The van der Waals surface area contributed by atoms with Crippen molar-refractivity contribution in [3.63, 3.8) is 0 Å². The van der Waals surface area contributed by atoms with E-state index in [2.05, 4.69) is 101 Å². The van der Waals surface area contributed by atoms with E-state index in [1.54, 1.807) is 0 Å². The molecule has 2 aromatic heterocycles. The number of carbonyl (C=O) groups excluding carboxylic acids is 1. The van der Waals surface area contributed by atoms with Gasteiger partial charge in [0, 0.05) is 59.3 Å². The summed E-state index contributed by atoms with van der Waals surface area (Å²) in [5, 5.41) is 16.3. The van der Waals surface area contributed by atoms with Gasteiger partial charge in [-0.15, -0.1) is 40.5 Å². The third-order valence-corrected chi connectivity index (χ3v) is 12.6. The summed E-state index contributed by atoms with van der Waals surface area (Å²) in [7, 11) is -1.45. The van der Waals surface area contributed by atoms with Crippen LogP contribution in [0.3, 0.4) is 0 Å². The van der Waals surface area contributed by atoms with Crippen LogP contribution in [0.15, 0.2) is 72.6 Å². The minimum absolute atomic E-state index is 0. The van der Waals surface area contributed by atoms with Crippen molar-refractivity contribution in [3.05, 3.63) is 84.3 Å². The van der Waals surface area contributed by atoms with Gasteiger partial charge in [-0.05, 0) is 53.1 Å². The molecule has 47 heavy (non-hydrogen) atoms. The van der Waals surface area contributed by atoms with Crippen LogP contribution in [0.1, 0.15) is 79.7 Å². The van der Waals surface area contributed by atoms with Crippen molar-refractivity contribution in [1.29, 1.82) is 0 Å². The van der Waals surface area contributed by atoms with E-state index in [0.717, 1.165) is 42.3 Å². The number of aliphatic hydroxyl groups excluding tert-OH is 1. The number of ketones is 1. The van der Waals surface area contributed by atoms with Crippen molar-refractivity contribution in [2.45, 2.75) is 99.2 Å². The van der Waals surface area contributed by atoms with Crippen molar-refractivity contribution in [2.75, 3.05) is 0 Å². The van der Waals surface area contributed by atoms with E-state index < -0.39 is 8.07 Å². The van der Waals surface area contributed by atoms with Gasteiger partial charge in [-0.3, -0.25) is 9.78 Å². The summed E-state index contributed by atoms with van der Waals surface area (Å²) in [5.74, 6) is 0.547. The van der Waals surface area contributed by atoms with E-state index in [0.29, 0.717) is 0 Å². The number of aliphatic hydroxyl groups is 1. The second-order valence-corrected chi connectivity index (χ2v) is 20.5. The van der Waals surface area contributed by atoms with Crippen molar-refractivity contribution >= 4 is 61.3 Å². The maximum Gasteiger partial charge on any atom is 0.162 e. The molecule has 2 heterocycles. The number of rotatable bonds is 9. The van der Waals surface area contributed by atoms with Crippen LogP contribution in [0.2, 0.25) is 19.6 Å². The summed E-state index contributed by atoms with van der Waals surface area (Å²) >= 11 is 1.92. The Morgan fingerprint density at radius 1 is 0.915 bits per heavy atom. The third-order valence-electron chi connectivity index (χ3n) is 9.14. The zero-order valence-electron chi connectivity index (χ0n) is 29.9. The minimum atomic E-state index is -1.45. The van der Waals surface area contributed by atoms with Gasteiger partial charge in [0.1, 0.15) is 0 Å². The molecular formula is C41H52IrNO2SSi-. The molecule has 6 heteroatoms. The van der Waals surface area contributed by atoms with Crippen molar-refractivity contribution in [2.24, 2.45) is 11.8 Å². The van der Waals surface area contributed by atoms with Crippen LogP contribution in [-0.4, -0.2) is 23.9 Å². The van der Waals surface area contributed by atoms with Crippen LogP contribution in [0.4, 0.5) is 0 Å². The molecule has 0 spiro atoms. The van der Waals surface area contributed by atoms with Crippen LogP contribution >= 0.6 is 11.3 Å². The smallest absolute Gasteiger partial charge is 0.162 e. The maximum atomic E-state index is 11.7.